The van der Waals surface area contributed by atoms with E-state index < -0.39 is 0 Å². The normalized spacial score (nSPS) is 27.8. The van der Waals surface area contributed by atoms with E-state index in [0.29, 0.717) is 11.6 Å². The van der Waals surface area contributed by atoms with Crippen LogP contribution in [0.25, 0.3) is 0 Å². The van der Waals surface area contributed by atoms with Gasteiger partial charge in [0, 0.05) is 36.9 Å². The molecule has 2 aromatic rings. The fourth-order valence-corrected chi connectivity index (χ4v) is 3.79. The maximum Gasteiger partial charge on any atom is 0.270 e. The highest BCUT2D eigenvalue weighted by Crippen LogP contribution is 2.40. The molecule has 1 saturated heterocycles. The molecule has 4 atom stereocenters. The summed E-state index contributed by atoms with van der Waals surface area (Å²) in [5, 5.41) is 3.12. The van der Waals surface area contributed by atoms with E-state index in [-0.39, 0.29) is 24.2 Å². The quantitative estimate of drug-likeness (QED) is 0.920. The third kappa shape index (κ3) is 3.73. The second-order valence-electron chi connectivity index (χ2n) is 7.39. The summed E-state index contributed by atoms with van der Waals surface area (Å²) in [5.74, 6) is 0.328. The standard InChI is InChI=1S/C21H25N3O2/c1-14-12-24(13-15(2)26-14)17-8-9-22-20(10-17)21(25)23-19-11-18(19)16-6-4-3-5-7-16/h3-10,14-15,18-19H,11-13H2,1-2H3,(H,23,25)/t14-,15+,18-,19+/m0/s1. The van der Waals surface area contributed by atoms with Gasteiger partial charge in [-0.25, -0.2) is 0 Å². The van der Waals surface area contributed by atoms with Gasteiger partial charge in [-0.1, -0.05) is 30.3 Å². The number of anilines is 1. The first-order valence-electron chi connectivity index (χ1n) is 9.32. The first kappa shape index (κ1) is 17.0. The number of benzene rings is 1. The summed E-state index contributed by atoms with van der Waals surface area (Å²) in [7, 11) is 0. The number of amides is 1. The van der Waals surface area contributed by atoms with E-state index in [1.54, 1.807) is 6.20 Å². The molecule has 1 aromatic carbocycles. The molecule has 2 aliphatic rings. The second-order valence-corrected chi connectivity index (χ2v) is 7.39. The average Bonchev–Trinajstić information content (AvgIpc) is 3.41. The predicted octanol–water partition coefficient (Wildman–Crippen LogP) is 2.98. The van der Waals surface area contributed by atoms with Crippen molar-refractivity contribution in [1.82, 2.24) is 10.3 Å². The lowest BCUT2D eigenvalue weighted by molar-refractivity contribution is -0.00522. The van der Waals surface area contributed by atoms with Crippen LogP contribution in [0.3, 0.4) is 0 Å². The largest absolute Gasteiger partial charge is 0.372 e. The Morgan fingerprint density at radius 2 is 1.88 bits per heavy atom. The summed E-state index contributed by atoms with van der Waals surface area (Å²) in [6.45, 7) is 5.81. The number of pyridine rings is 1. The van der Waals surface area contributed by atoms with E-state index in [9.17, 15) is 4.79 Å². The van der Waals surface area contributed by atoms with Crippen LogP contribution in [0.5, 0.6) is 0 Å². The molecule has 0 radical (unpaired) electrons. The molecule has 5 nitrogen and oxygen atoms in total. The number of nitrogens with one attached hydrogen (secondary N) is 1. The van der Waals surface area contributed by atoms with Gasteiger partial charge in [-0.15, -0.1) is 0 Å². The van der Waals surface area contributed by atoms with Gasteiger partial charge in [0.05, 0.1) is 12.2 Å². The Kier molecular flexibility index (Phi) is 4.64. The fraction of sp³-hybridized carbons (Fsp3) is 0.429. The van der Waals surface area contributed by atoms with Crippen molar-refractivity contribution in [2.75, 3.05) is 18.0 Å². The zero-order chi connectivity index (χ0) is 18.1. The van der Waals surface area contributed by atoms with Gasteiger partial charge in [0.25, 0.3) is 5.91 Å². The number of hydrogen-bond donors (Lipinski definition) is 1. The summed E-state index contributed by atoms with van der Waals surface area (Å²) < 4.78 is 5.79. The Morgan fingerprint density at radius 1 is 1.15 bits per heavy atom. The van der Waals surface area contributed by atoms with Gasteiger partial charge < -0.3 is 15.0 Å². The lowest BCUT2D eigenvalue weighted by atomic mass is 10.1. The number of carbonyl (C=O) groups is 1. The van der Waals surface area contributed by atoms with E-state index in [2.05, 4.69) is 41.2 Å². The van der Waals surface area contributed by atoms with Crippen LogP contribution >= 0.6 is 0 Å². The van der Waals surface area contributed by atoms with E-state index >= 15 is 0 Å². The van der Waals surface area contributed by atoms with Crippen molar-refractivity contribution in [2.24, 2.45) is 0 Å². The minimum atomic E-state index is -0.0929. The molecule has 1 saturated carbocycles. The third-order valence-electron chi connectivity index (χ3n) is 5.10. The maximum atomic E-state index is 12.6. The number of aromatic nitrogens is 1. The zero-order valence-corrected chi connectivity index (χ0v) is 15.3. The number of hydrogen-bond acceptors (Lipinski definition) is 4. The molecule has 1 aromatic heterocycles. The summed E-state index contributed by atoms with van der Waals surface area (Å²) in [6, 6.07) is 14.4. The summed E-state index contributed by atoms with van der Waals surface area (Å²) in [5.41, 5.74) is 2.80. The van der Waals surface area contributed by atoms with Crippen molar-refractivity contribution >= 4 is 11.6 Å². The van der Waals surface area contributed by atoms with E-state index in [0.717, 1.165) is 25.2 Å². The Balaban J connectivity index is 1.41. The fourth-order valence-electron chi connectivity index (χ4n) is 3.79. The van der Waals surface area contributed by atoms with Crippen LogP contribution < -0.4 is 10.2 Å². The molecule has 0 unspecified atom stereocenters. The lowest BCUT2D eigenvalue weighted by Gasteiger charge is -2.36. The zero-order valence-electron chi connectivity index (χ0n) is 15.3. The first-order chi connectivity index (χ1) is 12.6. The molecule has 5 heteroatoms. The van der Waals surface area contributed by atoms with Crippen molar-refractivity contribution in [3.63, 3.8) is 0 Å². The number of morpholine rings is 1. The maximum absolute atomic E-state index is 12.6. The summed E-state index contributed by atoms with van der Waals surface area (Å²) in [6.07, 6.45) is 3.08. The number of nitrogens with zero attached hydrogens (tertiary/aromatic N) is 2. The van der Waals surface area contributed by atoms with Gasteiger partial charge in [0.15, 0.2) is 0 Å². The van der Waals surface area contributed by atoms with Gasteiger partial charge >= 0.3 is 0 Å². The van der Waals surface area contributed by atoms with Crippen molar-refractivity contribution < 1.29 is 9.53 Å². The van der Waals surface area contributed by atoms with Crippen LogP contribution in [-0.4, -0.2) is 42.2 Å². The van der Waals surface area contributed by atoms with Gasteiger partial charge in [0.2, 0.25) is 0 Å². The minimum Gasteiger partial charge on any atom is -0.372 e. The highest BCUT2D eigenvalue weighted by atomic mass is 16.5. The second kappa shape index (κ2) is 7.08. The number of rotatable bonds is 4. The van der Waals surface area contributed by atoms with Crippen LogP contribution in [0.2, 0.25) is 0 Å². The Bertz CT molecular complexity index is 770. The van der Waals surface area contributed by atoms with Crippen LogP contribution in [0.4, 0.5) is 5.69 Å². The summed E-state index contributed by atoms with van der Waals surface area (Å²) >= 11 is 0. The van der Waals surface area contributed by atoms with Gasteiger partial charge in [-0.05, 0) is 38.0 Å². The molecule has 2 heterocycles. The topological polar surface area (TPSA) is 54.5 Å². The van der Waals surface area contributed by atoms with Gasteiger partial charge in [-0.3, -0.25) is 9.78 Å². The molecule has 1 aliphatic heterocycles. The van der Waals surface area contributed by atoms with Crippen molar-refractivity contribution in [3.05, 3.63) is 59.9 Å². The van der Waals surface area contributed by atoms with Crippen LogP contribution in [0.15, 0.2) is 48.7 Å². The molecule has 1 amide bonds. The van der Waals surface area contributed by atoms with Gasteiger partial charge in [0.1, 0.15) is 5.69 Å². The Hall–Kier alpha value is -2.40. The molecular weight excluding hydrogens is 326 g/mol. The van der Waals surface area contributed by atoms with Crippen molar-refractivity contribution in [3.8, 4) is 0 Å². The molecule has 4 rings (SSSR count). The molecular formula is C21H25N3O2. The first-order valence-corrected chi connectivity index (χ1v) is 9.32. The molecule has 0 bridgehead atoms. The number of ether oxygens (including phenoxy) is 1. The summed E-state index contributed by atoms with van der Waals surface area (Å²) in [4.78, 5) is 19.2. The van der Waals surface area contributed by atoms with Crippen molar-refractivity contribution in [1.29, 1.82) is 0 Å². The van der Waals surface area contributed by atoms with E-state index in [4.69, 9.17) is 4.74 Å². The van der Waals surface area contributed by atoms with Crippen LogP contribution in [0, 0.1) is 0 Å². The molecule has 1 N–H and O–H groups in total. The molecule has 0 spiro atoms. The highest BCUT2D eigenvalue weighted by Gasteiger charge is 2.39. The van der Waals surface area contributed by atoms with Crippen LogP contribution in [-0.2, 0) is 4.74 Å². The van der Waals surface area contributed by atoms with Crippen molar-refractivity contribution in [2.45, 2.75) is 44.4 Å². The van der Waals surface area contributed by atoms with Crippen LogP contribution in [0.1, 0.15) is 42.2 Å². The third-order valence-corrected chi connectivity index (χ3v) is 5.10. The monoisotopic (exact) mass is 351 g/mol. The van der Waals surface area contributed by atoms with E-state index in [1.165, 1.54) is 5.56 Å². The Labute approximate surface area is 154 Å². The molecule has 1 aliphatic carbocycles. The Morgan fingerprint density at radius 3 is 2.62 bits per heavy atom. The SMILES string of the molecule is C[C@@H]1CN(c2ccnc(C(=O)N[C@@H]3C[C@H]3c3ccccc3)c2)C[C@H](C)O1. The number of carbonyl (C=O) groups excluding carboxylic acids is 1. The van der Waals surface area contributed by atoms with Gasteiger partial charge in [-0.2, -0.15) is 0 Å². The molecule has 136 valence electrons. The van der Waals surface area contributed by atoms with E-state index in [1.807, 2.05) is 30.3 Å². The minimum absolute atomic E-state index is 0.0929. The predicted molar refractivity (Wildman–Crippen MR) is 102 cm³/mol. The smallest absolute Gasteiger partial charge is 0.270 e. The molecule has 26 heavy (non-hydrogen) atoms. The highest BCUT2D eigenvalue weighted by molar-refractivity contribution is 5.93. The lowest BCUT2D eigenvalue weighted by Crippen LogP contribution is -2.45. The molecule has 2 fully saturated rings. The average molecular weight is 351 g/mol.